The number of ether oxygens (including phenoxy) is 1. The van der Waals surface area contributed by atoms with Crippen molar-refractivity contribution in [3.63, 3.8) is 0 Å². The maximum atomic E-state index is 12.1. The third kappa shape index (κ3) is 5.03. The Bertz CT molecular complexity index is 952. The lowest BCUT2D eigenvalue weighted by Gasteiger charge is -2.11. The van der Waals surface area contributed by atoms with Crippen LogP contribution < -0.4 is 10.1 Å². The van der Waals surface area contributed by atoms with Gasteiger partial charge in [-0.05, 0) is 41.8 Å². The van der Waals surface area contributed by atoms with Crippen molar-refractivity contribution in [2.75, 3.05) is 18.9 Å². The standard InChI is InChI=1S/C20H24N6O2S/c27-18(14-29-20-23-24-25-26(20)16-8-1-2-9-16)21-12-5-13-28-17-10-3-6-15-7-4-11-22-19(15)17/h3-4,6-7,10-11,16H,1-2,5,8-9,12-14H2,(H,21,27). The second-order valence-corrected chi connectivity index (χ2v) is 7.96. The number of aromatic nitrogens is 5. The number of amides is 1. The lowest BCUT2D eigenvalue weighted by atomic mass is 10.2. The molecule has 3 aromatic rings. The van der Waals surface area contributed by atoms with Crippen molar-refractivity contribution < 1.29 is 9.53 Å². The van der Waals surface area contributed by atoms with Crippen LogP contribution in [0.2, 0.25) is 0 Å². The first-order valence-electron chi connectivity index (χ1n) is 9.95. The molecule has 0 spiro atoms. The summed E-state index contributed by atoms with van der Waals surface area (Å²) in [4.78, 5) is 16.5. The van der Waals surface area contributed by atoms with Gasteiger partial charge in [0.25, 0.3) is 0 Å². The van der Waals surface area contributed by atoms with Crippen molar-refractivity contribution in [1.82, 2.24) is 30.5 Å². The van der Waals surface area contributed by atoms with Gasteiger partial charge in [-0.15, -0.1) is 5.10 Å². The van der Waals surface area contributed by atoms with E-state index in [9.17, 15) is 4.79 Å². The average molecular weight is 413 g/mol. The first kappa shape index (κ1) is 19.6. The monoisotopic (exact) mass is 412 g/mol. The van der Waals surface area contributed by atoms with Gasteiger partial charge < -0.3 is 10.1 Å². The van der Waals surface area contributed by atoms with Crippen LogP contribution >= 0.6 is 11.8 Å². The number of hydrogen-bond acceptors (Lipinski definition) is 7. The van der Waals surface area contributed by atoms with Crippen LogP contribution in [0.25, 0.3) is 10.9 Å². The van der Waals surface area contributed by atoms with Crippen molar-refractivity contribution in [3.8, 4) is 5.75 Å². The predicted octanol–water partition coefficient (Wildman–Crippen LogP) is 3.01. The molecule has 2 aromatic heterocycles. The zero-order chi connectivity index (χ0) is 19.9. The van der Waals surface area contributed by atoms with Crippen LogP contribution in [0.4, 0.5) is 0 Å². The molecule has 2 heterocycles. The van der Waals surface area contributed by atoms with Gasteiger partial charge in [0.05, 0.1) is 18.4 Å². The highest BCUT2D eigenvalue weighted by Gasteiger charge is 2.22. The first-order chi connectivity index (χ1) is 14.3. The average Bonchev–Trinajstić information content (AvgIpc) is 3.43. The highest BCUT2D eigenvalue weighted by Crippen LogP contribution is 2.31. The molecule has 1 fully saturated rings. The molecule has 8 nitrogen and oxygen atoms in total. The number of nitrogens with zero attached hydrogens (tertiary/aromatic N) is 5. The zero-order valence-electron chi connectivity index (χ0n) is 16.2. The molecule has 0 bridgehead atoms. The summed E-state index contributed by atoms with van der Waals surface area (Å²) in [6, 6.07) is 10.2. The Kier molecular flexibility index (Phi) is 6.56. The van der Waals surface area contributed by atoms with E-state index in [1.807, 2.05) is 35.0 Å². The fraction of sp³-hybridized carbons (Fsp3) is 0.450. The zero-order valence-corrected chi connectivity index (χ0v) is 17.0. The highest BCUT2D eigenvalue weighted by molar-refractivity contribution is 7.99. The van der Waals surface area contributed by atoms with E-state index in [1.54, 1.807) is 6.20 Å². The summed E-state index contributed by atoms with van der Waals surface area (Å²) in [6.45, 7) is 1.08. The predicted molar refractivity (Wildman–Crippen MR) is 111 cm³/mol. The van der Waals surface area contributed by atoms with E-state index in [2.05, 4.69) is 25.8 Å². The van der Waals surface area contributed by atoms with E-state index in [-0.39, 0.29) is 5.91 Å². The second kappa shape index (κ2) is 9.69. The quantitative estimate of drug-likeness (QED) is 0.426. The van der Waals surface area contributed by atoms with Crippen molar-refractivity contribution in [1.29, 1.82) is 0 Å². The van der Waals surface area contributed by atoms with E-state index >= 15 is 0 Å². The molecule has 0 saturated heterocycles. The van der Waals surface area contributed by atoms with Crippen LogP contribution in [-0.2, 0) is 4.79 Å². The minimum atomic E-state index is -0.0252. The Hall–Kier alpha value is -2.68. The van der Waals surface area contributed by atoms with Crippen LogP contribution in [0.1, 0.15) is 38.1 Å². The van der Waals surface area contributed by atoms with Crippen molar-refractivity contribution in [3.05, 3.63) is 36.5 Å². The maximum absolute atomic E-state index is 12.1. The van der Waals surface area contributed by atoms with Gasteiger partial charge in [0, 0.05) is 18.1 Å². The molecule has 0 atom stereocenters. The third-order valence-corrected chi connectivity index (χ3v) is 5.90. The topological polar surface area (TPSA) is 94.8 Å². The number of benzene rings is 1. The van der Waals surface area contributed by atoms with Crippen molar-refractivity contribution in [2.24, 2.45) is 0 Å². The molecule has 0 radical (unpaired) electrons. The van der Waals surface area contributed by atoms with E-state index in [4.69, 9.17) is 4.74 Å². The molecular formula is C20H24N6O2S. The first-order valence-corrected chi connectivity index (χ1v) is 10.9. The molecule has 9 heteroatoms. The largest absolute Gasteiger partial charge is 0.491 e. The molecule has 4 rings (SSSR count). The summed E-state index contributed by atoms with van der Waals surface area (Å²) < 4.78 is 7.72. The normalized spacial score (nSPS) is 14.3. The Morgan fingerprint density at radius 2 is 2.10 bits per heavy atom. The van der Waals surface area contributed by atoms with Crippen LogP contribution in [0.15, 0.2) is 41.7 Å². The van der Waals surface area contributed by atoms with E-state index < -0.39 is 0 Å². The van der Waals surface area contributed by atoms with Crippen LogP contribution in [-0.4, -0.2) is 50.0 Å². The number of thioether (sulfide) groups is 1. The SMILES string of the molecule is O=C(CSc1nnnn1C1CCCC1)NCCCOc1cccc2cccnc12. The molecule has 152 valence electrons. The summed E-state index contributed by atoms with van der Waals surface area (Å²) in [5.74, 6) is 1.05. The molecule has 29 heavy (non-hydrogen) atoms. The number of pyridine rings is 1. The number of carbonyl (C=O) groups excluding carboxylic acids is 1. The van der Waals surface area contributed by atoms with Crippen molar-refractivity contribution in [2.45, 2.75) is 43.3 Å². The van der Waals surface area contributed by atoms with E-state index in [1.165, 1.54) is 24.6 Å². The lowest BCUT2D eigenvalue weighted by molar-refractivity contribution is -0.118. The minimum absolute atomic E-state index is 0.0252. The van der Waals surface area contributed by atoms with Crippen LogP contribution in [0.3, 0.4) is 0 Å². The molecule has 1 aromatic carbocycles. The minimum Gasteiger partial charge on any atom is -0.491 e. The Labute approximate surface area is 173 Å². The smallest absolute Gasteiger partial charge is 0.230 e. The van der Waals surface area contributed by atoms with Crippen LogP contribution in [0.5, 0.6) is 5.75 Å². The van der Waals surface area contributed by atoms with Gasteiger partial charge >= 0.3 is 0 Å². The lowest BCUT2D eigenvalue weighted by Crippen LogP contribution is -2.27. The van der Waals surface area contributed by atoms with Gasteiger partial charge in [0.1, 0.15) is 11.3 Å². The number of carbonyl (C=O) groups is 1. The summed E-state index contributed by atoms with van der Waals surface area (Å²) in [5.41, 5.74) is 0.857. The molecule has 0 unspecified atom stereocenters. The molecule has 1 aliphatic carbocycles. The fourth-order valence-electron chi connectivity index (χ4n) is 3.51. The Morgan fingerprint density at radius 3 is 3.00 bits per heavy atom. The van der Waals surface area contributed by atoms with Crippen molar-refractivity contribution >= 4 is 28.6 Å². The van der Waals surface area contributed by atoms with E-state index in [0.717, 1.165) is 41.1 Å². The number of rotatable bonds is 9. The molecule has 1 saturated carbocycles. The number of fused-ring (bicyclic) bond motifs is 1. The van der Waals surface area contributed by atoms with Gasteiger partial charge in [0.15, 0.2) is 0 Å². The molecule has 1 amide bonds. The van der Waals surface area contributed by atoms with Gasteiger partial charge in [-0.1, -0.05) is 42.8 Å². The number of nitrogens with one attached hydrogen (secondary N) is 1. The summed E-state index contributed by atoms with van der Waals surface area (Å²) in [7, 11) is 0. The summed E-state index contributed by atoms with van der Waals surface area (Å²) in [5, 5.41) is 16.6. The molecular weight excluding hydrogens is 388 g/mol. The number of para-hydroxylation sites is 1. The van der Waals surface area contributed by atoms with Gasteiger partial charge in [-0.3, -0.25) is 9.78 Å². The molecule has 1 aliphatic rings. The fourth-order valence-corrected chi connectivity index (χ4v) is 4.29. The van der Waals surface area contributed by atoms with E-state index in [0.29, 0.717) is 24.9 Å². The van der Waals surface area contributed by atoms with Gasteiger partial charge in [0.2, 0.25) is 11.1 Å². The van der Waals surface area contributed by atoms with Crippen LogP contribution in [0, 0.1) is 0 Å². The summed E-state index contributed by atoms with van der Waals surface area (Å²) in [6.07, 6.45) is 7.13. The highest BCUT2D eigenvalue weighted by atomic mass is 32.2. The second-order valence-electron chi connectivity index (χ2n) is 7.02. The Morgan fingerprint density at radius 1 is 1.24 bits per heavy atom. The third-order valence-electron chi connectivity index (χ3n) is 4.96. The summed E-state index contributed by atoms with van der Waals surface area (Å²) >= 11 is 1.39. The van der Waals surface area contributed by atoms with Gasteiger partial charge in [-0.25, -0.2) is 4.68 Å². The number of hydrogen-bond donors (Lipinski definition) is 1. The Balaban J connectivity index is 1.17. The maximum Gasteiger partial charge on any atom is 0.230 e. The number of tetrazole rings is 1. The molecule has 0 aliphatic heterocycles. The van der Waals surface area contributed by atoms with Gasteiger partial charge in [-0.2, -0.15) is 0 Å². The molecule has 1 N–H and O–H groups in total.